The maximum absolute atomic E-state index is 5.58. The molecule has 2 rings (SSSR count). The molecule has 19 heavy (non-hydrogen) atoms. The fraction of sp³-hybridized carbons (Fsp3) is 0.533. The maximum Gasteiger partial charge on any atom is 0.210 e. The fourth-order valence-electron chi connectivity index (χ4n) is 2.76. The summed E-state index contributed by atoms with van der Waals surface area (Å²) in [5.41, 5.74) is 3.68. The zero-order chi connectivity index (χ0) is 13.5. The van der Waals surface area contributed by atoms with Crippen LogP contribution in [0.15, 0.2) is 35.3 Å². The number of guanidine groups is 1. The highest BCUT2D eigenvalue weighted by Gasteiger charge is 2.23. The van der Waals surface area contributed by atoms with Crippen molar-refractivity contribution in [3.63, 3.8) is 0 Å². The van der Waals surface area contributed by atoms with Crippen LogP contribution in [-0.4, -0.2) is 12.0 Å². The number of anilines is 1. The smallest absolute Gasteiger partial charge is 0.210 e. The van der Waals surface area contributed by atoms with Crippen molar-refractivity contribution < 1.29 is 0 Å². The van der Waals surface area contributed by atoms with Crippen molar-refractivity contribution >= 4 is 11.6 Å². The van der Waals surface area contributed by atoms with Gasteiger partial charge in [-0.1, -0.05) is 44.4 Å². The third-order valence-electron chi connectivity index (χ3n) is 3.86. The highest BCUT2D eigenvalue weighted by atomic mass is 15.3. The van der Waals surface area contributed by atoms with E-state index >= 15 is 0 Å². The molecule has 4 N–H and O–H groups in total. The lowest BCUT2D eigenvalue weighted by molar-refractivity contribution is 0.301. The number of hydrogen-bond donors (Lipinski definition) is 3. The van der Waals surface area contributed by atoms with E-state index in [0.29, 0.717) is 17.9 Å². The van der Waals surface area contributed by atoms with E-state index in [4.69, 9.17) is 10.8 Å². The van der Waals surface area contributed by atoms with Gasteiger partial charge >= 0.3 is 0 Å². The van der Waals surface area contributed by atoms with E-state index in [-0.39, 0.29) is 0 Å². The van der Waals surface area contributed by atoms with Gasteiger partial charge in [0.1, 0.15) is 0 Å². The number of hydrogen-bond acceptors (Lipinski definition) is 2. The average molecular weight is 260 g/mol. The van der Waals surface area contributed by atoms with E-state index in [1.807, 2.05) is 30.3 Å². The minimum Gasteiger partial charge on any atom is -0.325 e. The Bertz CT molecular complexity index is 402. The van der Waals surface area contributed by atoms with Crippen LogP contribution in [0.3, 0.4) is 0 Å². The van der Waals surface area contributed by atoms with Crippen LogP contribution in [0.1, 0.15) is 39.0 Å². The molecule has 1 aliphatic rings. The summed E-state index contributed by atoms with van der Waals surface area (Å²) < 4.78 is 0. The molecule has 2 unspecified atom stereocenters. The molecule has 2 atom stereocenters. The van der Waals surface area contributed by atoms with E-state index in [2.05, 4.69) is 17.7 Å². The SMILES string of the molecule is CCC1CCCCC1N=C(NN)Nc1ccccc1. The third-order valence-corrected chi connectivity index (χ3v) is 3.86. The number of benzene rings is 1. The lowest BCUT2D eigenvalue weighted by atomic mass is 9.83. The van der Waals surface area contributed by atoms with Gasteiger partial charge in [-0.2, -0.15) is 0 Å². The first kappa shape index (κ1) is 13.9. The van der Waals surface area contributed by atoms with Crippen LogP contribution in [-0.2, 0) is 0 Å². The highest BCUT2D eigenvalue weighted by molar-refractivity contribution is 5.93. The van der Waals surface area contributed by atoms with E-state index < -0.39 is 0 Å². The molecule has 0 saturated heterocycles. The van der Waals surface area contributed by atoms with Crippen molar-refractivity contribution in [1.29, 1.82) is 0 Å². The Hall–Kier alpha value is -1.55. The summed E-state index contributed by atoms with van der Waals surface area (Å²) in [6.45, 7) is 2.25. The summed E-state index contributed by atoms with van der Waals surface area (Å²) in [6.07, 6.45) is 6.25. The predicted molar refractivity (Wildman–Crippen MR) is 80.9 cm³/mol. The first-order valence-electron chi connectivity index (χ1n) is 7.20. The highest BCUT2D eigenvalue weighted by Crippen LogP contribution is 2.29. The van der Waals surface area contributed by atoms with E-state index in [1.54, 1.807) is 0 Å². The molecular formula is C15H24N4. The number of rotatable bonds is 3. The molecule has 0 aliphatic heterocycles. The van der Waals surface area contributed by atoms with Gasteiger partial charge in [0, 0.05) is 5.69 Å². The Labute approximate surface area is 115 Å². The standard InChI is InChI=1S/C15H24N4/c1-2-12-8-6-7-11-14(12)18-15(19-16)17-13-9-4-3-5-10-13/h3-5,9-10,12,14H,2,6-8,11,16H2,1H3,(H2,17,18,19). The van der Waals surface area contributed by atoms with Crippen molar-refractivity contribution in [3.8, 4) is 0 Å². The Balaban J connectivity index is 2.05. The van der Waals surface area contributed by atoms with Gasteiger partial charge in [-0.25, -0.2) is 10.8 Å². The van der Waals surface area contributed by atoms with Gasteiger partial charge in [-0.15, -0.1) is 0 Å². The van der Waals surface area contributed by atoms with Crippen LogP contribution in [0.5, 0.6) is 0 Å². The molecule has 0 bridgehead atoms. The van der Waals surface area contributed by atoms with Gasteiger partial charge in [0.05, 0.1) is 6.04 Å². The zero-order valence-electron chi connectivity index (χ0n) is 11.6. The largest absolute Gasteiger partial charge is 0.325 e. The van der Waals surface area contributed by atoms with Crippen LogP contribution in [0, 0.1) is 5.92 Å². The molecule has 1 aromatic rings. The van der Waals surface area contributed by atoms with Crippen LogP contribution >= 0.6 is 0 Å². The second-order valence-corrected chi connectivity index (χ2v) is 5.13. The summed E-state index contributed by atoms with van der Waals surface area (Å²) in [5.74, 6) is 6.93. The monoisotopic (exact) mass is 260 g/mol. The van der Waals surface area contributed by atoms with Gasteiger partial charge in [0.25, 0.3) is 0 Å². The number of hydrazine groups is 1. The lowest BCUT2D eigenvalue weighted by Gasteiger charge is -2.28. The molecule has 4 heteroatoms. The van der Waals surface area contributed by atoms with Gasteiger partial charge in [0.2, 0.25) is 5.96 Å². The topological polar surface area (TPSA) is 62.4 Å². The lowest BCUT2D eigenvalue weighted by Crippen LogP contribution is -2.38. The van der Waals surface area contributed by atoms with Gasteiger partial charge < -0.3 is 5.32 Å². The van der Waals surface area contributed by atoms with Crippen LogP contribution in [0.25, 0.3) is 0 Å². The maximum atomic E-state index is 5.58. The van der Waals surface area contributed by atoms with Crippen molar-refractivity contribution in [2.75, 3.05) is 5.32 Å². The van der Waals surface area contributed by atoms with Crippen molar-refractivity contribution in [2.45, 2.75) is 45.1 Å². The quantitative estimate of drug-likeness (QED) is 0.339. The fourth-order valence-corrected chi connectivity index (χ4v) is 2.76. The van der Waals surface area contributed by atoms with Crippen LogP contribution in [0.2, 0.25) is 0 Å². The number of aliphatic imine (C=N–C) groups is 1. The molecule has 1 fully saturated rings. The number of nitrogens with two attached hydrogens (primary N) is 1. The summed E-state index contributed by atoms with van der Waals surface area (Å²) in [6, 6.07) is 10.4. The van der Waals surface area contributed by atoms with E-state index in [1.165, 1.54) is 32.1 Å². The number of para-hydroxylation sites is 1. The van der Waals surface area contributed by atoms with Crippen LogP contribution < -0.4 is 16.6 Å². The second kappa shape index (κ2) is 7.14. The normalized spacial score (nSPS) is 24.0. The van der Waals surface area contributed by atoms with Gasteiger partial charge in [-0.05, 0) is 30.9 Å². The first-order valence-corrected chi connectivity index (χ1v) is 7.20. The molecule has 104 valence electrons. The summed E-state index contributed by atoms with van der Waals surface area (Å²) in [5, 5.41) is 3.23. The second-order valence-electron chi connectivity index (χ2n) is 5.13. The zero-order valence-corrected chi connectivity index (χ0v) is 11.6. The molecule has 1 aliphatic carbocycles. The molecule has 0 amide bonds. The summed E-state index contributed by atoms with van der Waals surface area (Å²) >= 11 is 0. The third kappa shape index (κ3) is 3.96. The Kier molecular flexibility index (Phi) is 5.21. The summed E-state index contributed by atoms with van der Waals surface area (Å²) in [4.78, 5) is 4.77. The Morgan fingerprint density at radius 1 is 1.26 bits per heavy atom. The molecule has 0 heterocycles. The average Bonchev–Trinajstić information content (AvgIpc) is 2.48. The summed E-state index contributed by atoms with van der Waals surface area (Å²) in [7, 11) is 0. The van der Waals surface area contributed by atoms with E-state index in [0.717, 1.165) is 5.69 Å². The molecule has 1 aromatic carbocycles. The van der Waals surface area contributed by atoms with Crippen molar-refractivity contribution in [2.24, 2.45) is 16.8 Å². The minimum absolute atomic E-state index is 0.390. The Morgan fingerprint density at radius 2 is 2.00 bits per heavy atom. The number of nitrogens with one attached hydrogen (secondary N) is 2. The van der Waals surface area contributed by atoms with Crippen molar-refractivity contribution in [3.05, 3.63) is 30.3 Å². The molecular weight excluding hydrogens is 236 g/mol. The first-order chi connectivity index (χ1) is 9.33. The molecule has 1 saturated carbocycles. The molecule has 0 aromatic heterocycles. The van der Waals surface area contributed by atoms with E-state index in [9.17, 15) is 0 Å². The Morgan fingerprint density at radius 3 is 2.68 bits per heavy atom. The predicted octanol–water partition coefficient (Wildman–Crippen LogP) is 2.89. The molecule has 0 spiro atoms. The van der Waals surface area contributed by atoms with Crippen LogP contribution in [0.4, 0.5) is 5.69 Å². The number of nitrogens with zero attached hydrogens (tertiary/aromatic N) is 1. The minimum atomic E-state index is 0.390. The van der Waals surface area contributed by atoms with Gasteiger partial charge in [-0.3, -0.25) is 5.43 Å². The molecule has 4 nitrogen and oxygen atoms in total. The molecule has 0 radical (unpaired) electrons. The van der Waals surface area contributed by atoms with Gasteiger partial charge in [0.15, 0.2) is 0 Å². The van der Waals surface area contributed by atoms with Crippen molar-refractivity contribution in [1.82, 2.24) is 5.43 Å².